The van der Waals surface area contributed by atoms with Gasteiger partial charge in [-0.2, -0.15) is 0 Å². The highest BCUT2D eigenvalue weighted by atomic mass is 32.2. The minimum absolute atomic E-state index is 0.0322. The molecule has 0 atom stereocenters. The van der Waals surface area contributed by atoms with Crippen molar-refractivity contribution >= 4 is 40.6 Å². The van der Waals surface area contributed by atoms with E-state index in [1.165, 1.54) is 0 Å². The number of thiazole rings is 1. The van der Waals surface area contributed by atoms with Gasteiger partial charge in [0.1, 0.15) is 10.9 Å². The van der Waals surface area contributed by atoms with Crippen LogP contribution in [-0.4, -0.2) is 47.1 Å². The molecule has 0 bridgehead atoms. The Labute approximate surface area is 156 Å². The lowest BCUT2D eigenvalue weighted by Gasteiger charge is -2.34. The number of hydrogen-bond donors (Lipinski definition) is 0. The average molecular weight is 376 g/mol. The second-order valence-corrected chi connectivity index (χ2v) is 8.28. The summed E-state index contributed by atoms with van der Waals surface area (Å²) in [5.41, 5.74) is 2.84. The van der Waals surface area contributed by atoms with Gasteiger partial charge in [0.05, 0.1) is 12.1 Å². The van der Waals surface area contributed by atoms with E-state index in [4.69, 9.17) is 0 Å². The number of aryl methyl sites for hydroxylation is 1. The van der Waals surface area contributed by atoms with Gasteiger partial charge in [-0.1, -0.05) is 36.4 Å². The van der Waals surface area contributed by atoms with Crippen LogP contribution in [0, 0.1) is 6.92 Å². The fraction of sp³-hybridized carbons (Fsp3) is 0.389. The van der Waals surface area contributed by atoms with Crippen LogP contribution in [0.15, 0.2) is 34.0 Å². The molecule has 1 aromatic carbocycles. The summed E-state index contributed by atoms with van der Waals surface area (Å²) in [4.78, 5) is 32.8. The summed E-state index contributed by atoms with van der Waals surface area (Å²) in [6.07, 6.45) is 0.262. The molecule has 3 rings (SSSR count). The summed E-state index contributed by atoms with van der Waals surface area (Å²) < 4.78 is 0.991. The molecule has 5 nitrogen and oxygen atoms in total. The molecule has 7 heteroatoms. The van der Waals surface area contributed by atoms with Gasteiger partial charge >= 0.3 is 0 Å². The second kappa shape index (κ2) is 8.01. The summed E-state index contributed by atoms with van der Waals surface area (Å²) in [5.74, 6) is 0.898. The standard InChI is InChI=1S/C18H21N3O2S2/c1-3-24-18-19-14(12-25-18)10-16(22)20-8-9-21(17(23)11-20)15-6-4-13(2)5-7-15/h4-7,12H,3,8-11H2,1-2H3. The lowest BCUT2D eigenvalue weighted by atomic mass is 10.2. The van der Waals surface area contributed by atoms with Crippen molar-refractivity contribution in [2.24, 2.45) is 0 Å². The van der Waals surface area contributed by atoms with Crippen LogP contribution in [0.1, 0.15) is 18.2 Å². The van der Waals surface area contributed by atoms with Crippen molar-refractivity contribution in [1.82, 2.24) is 9.88 Å². The van der Waals surface area contributed by atoms with E-state index in [2.05, 4.69) is 11.9 Å². The van der Waals surface area contributed by atoms with Crippen molar-refractivity contribution in [3.8, 4) is 0 Å². The third kappa shape index (κ3) is 4.41. The number of amides is 2. The van der Waals surface area contributed by atoms with E-state index in [1.807, 2.05) is 36.6 Å². The summed E-state index contributed by atoms with van der Waals surface area (Å²) in [6.45, 7) is 5.31. The zero-order valence-corrected chi connectivity index (χ0v) is 16.0. The Hall–Kier alpha value is -1.86. The maximum absolute atomic E-state index is 12.5. The van der Waals surface area contributed by atoms with E-state index in [0.29, 0.717) is 13.1 Å². The van der Waals surface area contributed by atoms with Crippen molar-refractivity contribution in [3.63, 3.8) is 0 Å². The normalized spacial score (nSPS) is 14.9. The number of aromatic nitrogens is 1. The Morgan fingerprint density at radius 3 is 2.72 bits per heavy atom. The quantitative estimate of drug-likeness (QED) is 0.754. The molecular weight excluding hydrogens is 354 g/mol. The first-order valence-corrected chi connectivity index (χ1v) is 10.2. The van der Waals surface area contributed by atoms with Crippen molar-refractivity contribution in [3.05, 3.63) is 40.9 Å². The third-order valence-electron chi connectivity index (χ3n) is 4.05. The monoisotopic (exact) mass is 375 g/mol. The van der Waals surface area contributed by atoms with Crippen LogP contribution in [0.4, 0.5) is 5.69 Å². The molecule has 0 radical (unpaired) electrons. The largest absolute Gasteiger partial charge is 0.331 e. The Morgan fingerprint density at radius 2 is 2.04 bits per heavy atom. The Bertz CT molecular complexity index is 758. The molecule has 1 aromatic heterocycles. The highest BCUT2D eigenvalue weighted by molar-refractivity contribution is 8.00. The number of hydrogen-bond acceptors (Lipinski definition) is 5. The van der Waals surface area contributed by atoms with E-state index < -0.39 is 0 Å². The first-order valence-electron chi connectivity index (χ1n) is 8.29. The van der Waals surface area contributed by atoms with E-state index in [-0.39, 0.29) is 24.8 Å². The predicted molar refractivity (Wildman–Crippen MR) is 102 cm³/mol. The van der Waals surface area contributed by atoms with Crippen molar-refractivity contribution in [2.45, 2.75) is 24.6 Å². The molecular formula is C18H21N3O2S2. The van der Waals surface area contributed by atoms with Gasteiger partial charge in [-0.05, 0) is 24.8 Å². The third-order valence-corrected chi connectivity index (χ3v) is 6.00. The SMILES string of the molecule is CCSc1nc(CC(=O)N2CCN(c3ccc(C)cc3)C(=O)C2)cs1. The maximum atomic E-state index is 12.5. The Morgan fingerprint density at radius 1 is 1.28 bits per heavy atom. The molecule has 1 saturated heterocycles. The van der Waals surface area contributed by atoms with Gasteiger partial charge in [0.2, 0.25) is 11.8 Å². The van der Waals surface area contributed by atoms with Crippen LogP contribution in [0.25, 0.3) is 0 Å². The minimum Gasteiger partial charge on any atom is -0.331 e. The number of anilines is 1. The summed E-state index contributed by atoms with van der Waals surface area (Å²) in [5, 5.41) is 1.93. The predicted octanol–water partition coefficient (Wildman–Crippen LogP) is 2.98. The fourth-order valence-electron chi connectivity index (χ4n) is 2.71. The molecule has 0 N–H and O–H groups in total. The average Bonchev–Trinajstić information content (AvgIpc) is 3.03. The van der Waals surface area contributed by atoms with Crippen LogP contribution in [0.3, 0.4) is 0 Å². The number of benzene rings is 1. The molecule has 2 amide bonds. The van der Waals surface area contributed by atoms with Gasteiger partial charge in [-0.3, -0.25) is 9.59 Å². The number of carbonyl (C=O) groups is 2. The first kappa shape index (κ1) is 17.9. The van der Waals surface area contributed by atoms with Gasteiger partial charge in [0.15, 0.2) is 0 Å². The zero-order valence-electron chi connectivity index (χ0n) is 14.4. The topological polar surface area (TPSA) is 53.5 Å². The number of nitrogens with zero attached hydrogens (tertiary/aromatic N) is 3. The van der Waals surface area contributed by atoms with Crippen LogP contribution in [-0.2, 0) is 16.0 Å². The molecule has 1 aliphatic rings. The summed E-state index contributed by atoms with van der Waals surface area (Å²) in [6, 6.07) is 7.89. The van der Waals surface area contributed by atoms with Crippen molar-refractivity contribution in [1.29, 1.82) is 0 Å². The molecule has 1 aliphatic heterocycles. The highest BCUT2D eigenvalue weighted by Gasteiger charge is 2.28. The van der Waals surface area contributed by atoms with Gasteiger partial charge in [-0.15, -0.1) is 11.3 Å². The molecule has 2 aromatic rings. The van der Waals surface area contributed by atoms with Crippen LogP contribution < -0.4 is 4.90 Å². The molecule has 2 heterocycles. The summed E-state index contributed by atoms with van der Waals surface area (Å²) in [7, 11) is 0. The molecule has 0 spiro atoms. The number of carbonyl (C=O) groups excluding carboxylic acids is 2. The maximum Gasteiger partial charge on any atom is 0.246 e. The van der Waals surface area contributed by atoms with E-state index in [9.17, 15) is 9.59 Å². The zero-order chi connectivity index (χ0) is 17.8. The van der Waals surface area contributed by atoms with E-state index in [0.717, 1.165) is 27.0 Å². The van der Waals surface area contributed by atoms with Gasteiger partial charge in [-0.25, -0.2) is 4.98 Å². The van der Waals surface area contributed by atoms with E-state index >= 15 is 0 Å². The molecule has 1 fully saturated rings. The molecule has 0 aliphatic carbocycles. The van der Waals surface area contributed by atoms with Crippen LogP contribution in [0.2, 0.25) is 0 Å². The number of rotatable bonds is 5. The van der Waals surface area contributed by atoms with Gasteiger partial charge < -0.3 is 9.80 Å². The van der Waals surface area contributed by atoms with Crippen molar-refractivity contribution < 1.29 is 9.59 Å². The molecule has 25 heavy (non-hydrogen) atoms. The van der Waals surface area contributed by atoms with Gasteiger partial charge in [0, 0.05) is 24.2 Å². The molecule has 0 unspecified atom stereocenters. The smallest absolute Gasteiger partial charge is 0.246 e. The van der Waals surface area contributed by atoms with E-state index in [1.54, 1.807) is 32.9 Å². The molecule has 0 saturated carbocycles. The first-order chi connectivity index (χ1) is 12.1. The minimum atomic E-state index is -0.0380. The second-order valence-electron chi connectivity index (χ2n) is 5.91. The number of thioether (sulfide) groups is 1. The fourth-order valence-corrected chi connectivity index (χ4v) is 4.45. The lowest BCUT2D eigenvalue weighted by Crippen LogP contribution is -2.52. The Kier molecular flexibility index (Phi) is 5.75. The van der Waals surface area contributed by atoms with Crippen molar-refractivity contribution in [2.75, 3.05) is 30.3 Å². The van der Waals surface area contributed by atoms with Crippen LogP contribution in [0.5, 0.6) is 0 Å². The lowest BCUT2D eigenvalue weighted by molar-refractivity contribution is -0.136. The Balaban J connectivity index is 1.59. The highest BCUT2D eigenvalue weighted by Crippen LogP contribution is 2.23. The summed E-state index contributed by atoms with van der Waals surface area (Å²) >= 11 is 3.25. The van der Waals surface area contributed by atoms with Crippen LogP contribution >= 0.6 is 23.1 Å². The van der Waals surface area contributed by atoms with Gasteiger partial charge in [0.25, 0.3) is 0 Å². The number of piperazine rings is 1. The molecule has 132 valence electrons.